The Balaban J connectivity index is 3.27. The molecule has 0 amide bonds. The second kappa shape index (κ2) is 9.82. The summed E-state index contributed by atoms with van der Waals surface area (Å²) in [6, 6.07) is 0. The lowest BCUT2D eigenvalue weighted by Gasteiger charge is -2.03. The highest BCUT2D eigenvalue weighted by atomic mass is 32.2. The van der Waals surface area contributed by atoms with E-state index in [1.165, 1.54) is 23.5 Å². The van der Waals surface area contributed by atoms with Gasteiger partial charge in [0.25, 0.3) is 0 Å². The van der Waals surface area contributed by atoms with Crippen LogP contribution in [0.4, 0.5) is 0 Å². The zero-order chi connectivity index (χ0) is 10.8. The monoisotopic (exact) mass is 240 g/mol. The van der Waals surface area contributed by atoms with Crippen LogP contribution in [0.1, 0.15) is 0 Å². The van der Waals surface area contributed by atoms with Crippen molar-refractivity contribution in [1.29, 1.82) is 0 Å². The van der Waals surface area contributed by atoms with Crippen LogP contribution in [0.5, 0.6) is 0 Å². The second-order valence-electron chi connectivity index (χ2n) is 2.61. The summed E-state index contributed by atoms with van der Waals surface area (Å²) in [5.41, 5.74) is 0. The number of aliphatic hydroxyl groups excluding tert-OH is 4. The molecule has 6 heteroatoms. The molecule has 0 aromatic rings. The maximum atomic E-state index is 8.96. The summed E-state index contributed by atoms with van der Waals surface area (Å²) in [4.78, 5) is 0. The van der Waals surface area contributed by atoms with E-state index in [-0.39, 0.29) is 13.2 Å². The lowest BCUT2D eigenvalue weighted by molar-refractivity contribution is 0.113. The molecule has 2 unspecified atom stereocenters. The summed E-state index contributed by atoms with van der Waals surface area (Å²) in [7, 11) is 0. The Bertz CT molecular complexity index is 138. The van der Waals surface area contributed by atoms with Crippen molar-refractivity contribution in [1.82, 2.24) is 0 Å². The Labute approximate surface area is 92.0 Å². The van der Waals surface area contributed by atoms with Crippen LogP contribution in [0.25, 0.3) is 0 Å². The number of hydrogen-bond acceptors (Lipinski definition) is 6. The number of hydrogen-bond donors (Lipinski definition) is 4. The Hall–Kier alpha value is 0.280. The van der Waals surface area contributed by atoms with Crippen LogP contribution in [-0.2, 0) is 0 Å². The van der Waals surface area contributed by atoms with Crippen molar-refractivity contribution in [3.63, 3.8) is 0 Å². The fourth-order valence-corrected chi connectivity index (χ4v) is 2.02. The van der Waals surface area contributed by atoms with E-state index in [0.717, 1.165) is 0 Å². The van der Waals surface area contributed by atoms with Crippen molar-refractivity contribution in [2.75, 3.05) is 24.7 Å². The maximum Gasteiger partial charge on any atom is 0.0864 e. The summed E-state index contributed by atoms with van der Waals surface area (Å²) in [5, 5.41) is 38.5. The molecule has 0 bridgehead atoms. The van der Waals surface area contributed by atoms with Gasteiger partial charge in [0.15, 0.2) is 0 Å². The van der Waals surface area contributed by atoms with E-state index in [9.17, 15) is 0 Å². The SMILES string of the molecule is OCC(O)CSC=CSCC(O)CO. The van der Waals surface area contributed by atoms with Gasteiger partial charge in [0.1, 0.15) is 0 Å². The van der Waals surface area contributed by atoms with E-state index < -0.39 is 12.2 Å². The molecule has 0 saturated carbocycles. The molecule has 84 valence electrons. The van der Waals surface area contributed by atoms with Gasteiger partial charge in [-0.3, -0.25) is 0 Å². The summed E-state index contributed by atoms with van der Waals surface area (Å²) in [6.45, 7) is -0.450. The highest BCUT2D eigenvalue weighted by Crippen LogP contribution is 2.10. The molecule has 0 aliphatic heterocycles. The quantitative estimate of drug-likeness (QED) is 0.463. The molecule has 0 aliphatic carbocycles. The first kappa shape index (κ1) is 14.3. The topological polar surface area (TPSA) is 80.9 Å². The Morgan fingerprint density at radius 3 is 1.50 bits per heavy atom. The van der Waals surface area contributed by atoms with E-state index in [1.807, 2.05) is 0 Å². The van der Waals surface area contributed by atoms with Gasteiger partial charge in [-0.15, -0.1) is 23.5 Å². The third kappa shape index (κ3) is 8.86. The maximum absolute atomic E-state index is 8.96. The predicted molar refractivity (Wildman–Crippen MR) is 60.2 cm³/mol. The van der Waals surface area contributed by atoms with E-state index in [0.29, 0.717) is 11.5 Å². The minimum atomic E-state index is -0.683. The molecule has 0 aromatic heterocycles. The molecule has 0 aromatic carbocycles. The van der Waals surface area contributed by atoms with Gasteiger partial charge in [-0.1, -0.05) is 0 Å². The predicted octanol–water partition coefficient (Wildman–Crippen LogP) is -0.370. The Morgan fingerprint density at radius 2 is 1.21 bits per heavy atom. The van der Waals surface area contributed by atoms with Crippen molar-refractivity contribution in [2.45, 2.75) is 12.2 Å². The van der Waals surface area contributed by atoms with Gasteiger partial charge in [-0.05, 0) is 10.8 Å². The van der Waals surface area contributed by atoms with Gasteiger partial charge in [0, 0.05) is 11.5 Å². The standard InChI is InChI=1S/C8H16O4S2/c9-3-7(11)5-13-1-2-14-6-8(12)4-10/h1-2,7-12H,3-6H2. The minimum absolute atomic E-state index is 0.225. The van der Waals surface area contributed by atoms with Crippen LogP contribution >= 0.6 is 23.5 Å². The first-order valence-corrected chi connectivity index (χ1v) is 6.26. The molecule has 0 rings (SSSR count). The van der Waals surface area contributed by atoms with Crippen molar-refractivity contribution in [3.8, 4) is 0 Å². The van der Waals surface area contributed by atoms with Crippen LogP contribution in [0, 0.1) is 0 Å². The van der Waals surface area contributed by atoms with Crippen molar-refractivity contribution in [2.24, 2.45) is 0 Å². The lowest BCUT2D eigenvalue weighted by Crippen LogP contribution is -2.14. The van der Waals surface area contributed by atoms with E-state index in [4.69, 9.17) is 20.4 Å². The van der Waals surface area contributed by atoms with Gasteiger partial charge < -0.3 is 20.4 Å². The Kier molecular flexibility index (Phi) is 10.0. The van der Waals surface area contributed by atoms with Crippen molar-refractivity contribution >= 4 is 23.5 Å². The molecule has 2 atom stereocenters. The highest BCUT2D eigenvalue weighted by Gasteiger charge is 2.00. The normalized spacial score (nSPS) is 16.0. The molecule has 0 spiro atoms. The van der Waals surface area contributed by atoms with E-state index >= 15 is 0 Å². The fourth-order valence-electron chi connectivity index (χ4n) is 0.517. The first-order valence-electron chi connectivity index (χ1n) is 4.16. The second-order valence-corrected chi connectivity index (χ2v) is 4.49. The fraction of sp³-hybridized carbons (Fsp3) is 0.750. The van der Waals surface area contributed by atoms with Crippen LogP contribution in [0.15, 0.2) is 10.8 Å². The molecule has 0 radical (unpaired) electrons. The molecule has 0 fully saturated rings. The van der Waals surface area contributed by atoms with E-state index in [2.05, 4.69) is 0 Å². The number of thioether (sulfide) groups is 2. The molecule has 14 heavy (non-hydrogen) atoms. The molecule has 0 heterocycles. The Morgan fingerprint density at radius 1 is 0.857 bits per heavy atom. The molecule has 0 saturated heterocycles. The van der Waals surface area contributed by atoms with Gasteiger partial charge in [-0.25, -0.2) is 0 Å². The largest absolute Gasteiger partial charge is 0.394 e. The van der Waals surface area contributed by atoms with Crippen LogP contribution in [0.3, 0.4) is 0 Å². The van der Waals surface area contributed by atoms with Crippen molar-refractivity contribution < 1.29 is 20.4 Å². The van der Waals surface area contributed by atoms with Crippen molar-refractivity contribution in [3.05, 3.63) is 10.8 Å². The average Bonchev–Trinajstić information content (AvgIpc) is 2.22. The third-order valence-corrected chi connectivity index (χ3v) is 3.23. The lowest BCUT2D eigenvalue weighted by atomic mass is 10.4. The highest BCUT2D eigenvalue weighted by molar-refractivity contribution is 8.05. The van der Waals surface area contributed by atoms with Gasteiger partial charge in [0.05, 0.1) is 25.4 Å². The van der Waals surface area contributed by atoms with Gasteiger partial charge in [0.2, 0.25) is 0 Å². The summed E-state index contributed by atoms with van der Waals surface area (Å²) in [5.74, 6) is 0.909. The summed E-state index contributed by atoms with van der Waals surface area (Å²) < 4.78 is 0. The molecular formula is C8H16O4S2. The smallest absolute Gasteiger partial charge is 0.0864 e. The van der Waals surface area contributed by atoms with Gasteiger partial charge in [-0.2, -0.15) is 0 Å². The average molecular weight is 240 g/mol. The zero-order valence-electron chi connectivity index (χ0n) is 7.74. The van der Waals surface area contributed by atoms with Crippen LogP contribution in [-0.4, -0.2) is 57.4 Å². The van der Waals surface area contributed by atoms with Crippen LogP contribution < -0.4 is 0 Å². The van der Waals surface area contributed by atoms with Gasteiger partial charge >= 0.3 is 0 Å². The molecule has 4 N–H and O–H groups in total. The summed E-state index contributed by atoms with van der Waals surface area (Å²) >= 11 is 2.78. The first-order chi connectivity index (χ1) is 6.70. The molecule has 4 nitrogen and oxygen atoms in total. The number of rotatable bonds is 8. The summed E-state index contributed by atoms with van der Waals surface area (Å²) in [6.07, 6.45) is -1.37. The third-order valence-electron chi connectivity index (χ3n) is 1.25. The minimum Gasteiger partial charge on any atom is -0.394 e. The van der Waals surface area contributed by atoms with Crippen LogP contribution in [0.2, 0.25) is 0 Å². The van der Waals surface area contributed by atoms with E-state index in [1.54, 1.807) is 10.8 Å². The number of aliphatic hydroxyl groups is 4. The zero-order valence-corrected chi connectivity index (χ0v) is 9.38. The molecule has 0 aliphatic rings. The molecular weight excluding hydrogens is 224 g/mol.